The first-order valence-corrected chi connectivity index (χ1v) is 9.63. The summed E-state index contributed by atoms with van der Waals surface area (Å²) >= 11 is 0.347. The van der Waals surface area contributed by atoms with E-state index in [0.29, 0.717) is 15.0 Å². The van der Waals surface area contributed by atoms with E-state index in [2.05, 4.69) is 72.6 Å². The Balaban J connectivity index is 1.94. The summed E-state index contributed by atoms with van der Waals surface area (Å²) in [5, 5.41) is 0. The fourth-order valence-corrected chi connectivity index (χ4v) is 6.07. The molecule has 0 aliphatic carbocycles. The maximum absolute atomic E-state index is 2.44. The molecule has 0 saturated carbocycles. The van der Waals surface area contributed by atoms with Gasteiger partial charge in [0.25, 0.3) is 0 Å². The average Bonchev–Trinajstić information content (AvgIpc) is 2.39. The molecule has 2 rings (SSSR count). The molecule has 0 aromatic heterocycles. The Labute approximate surface area is 119 Å². The number of rotatable bonds is 4. The molecule has 17 heavy (non-hydrogen) atoms. The molecule has 0 nitrogen and oxygen atoms in total. The Hall–Kier alpha value is -0.511. The first-order valence-electron chi connectivity index (χ1n) is 5.46. The van der Waals surface area contributed by atoms with Crippen LogP contribution in [0.4, 0.5) is 0 Å². The molecule has 0 aliphatic rings. The van der Waals surface area contributed by atoms with Crippen molar-refractivity contribution in [3.63, 3.8) is 0 Å². The van der Waals surface area contributed by atoms with E-state index in [-0.39, 0.29) is 20.9 Å². The maximum atomic E-state index is 2.44. The van der Waals surface area contributed by atoms with Crippen LogP contribution in [0.25, 0.3) is 0 Å². The Bertz CT molecular complexity index is 477. The topological polar surface area (TPSA) is 0 Å². The van der Waals surface area contributed by atoms with Gasteiger partial charge in [-0.1, -0.05) is 0 Å². The van der Waals surface area contributed by atoms with Gasteiger partial charge in [0.1, 0.15) is 0 Å². The minimum atomic E-state index is -0.144. The summed E-state index contributed by atoms with van der Waals surface area (Å²) in [5.41, 5.74) is 0. The van der Waals surface area contributed by atoms with Crippen molar-refractivity contribution in [1.29, 1.82) is 0 Å². The standard InChI is InChI=1S/C15H14SeTe/c1-13(17-15-10-6-3-7-11-15)12-16-14-8-4-2-5-9-14/h2-12H,1H3/b13-12-. The molecule has 0 spiro atoms. The fourth-order valence-electron chi connectivity index (χ4n) is 1.35. The summed E-state index contributed by atoms with van der Waals surface area (Å²) in [4.78, 5) is 2.44. The molecule has 0 saturated heterocycles. The fraction of sp³-hybridized carbons (Fsp3) is 0.0667. The van der Waals surface area contributed by atoms with E-state index in [1.807, 2.05) is 0 Å². The Morgan fingerprint density at radius 1 is 0.941 bits per heavy atom. The molecular formula is C15H14SeTe. The van der Waals surface area contributed by atoms with Crippen molar-refractivity contribution in [2.75, 3.05) is 0 Å². The van der Waals surface area contributed by atoms with Gasteiger partial charge in [0.2, 0.25) is 0 Å². The van der Waals surface area contributed by atoms with Crippen molar-refractivity contribution in [2.24, 2.45) is 0 Å². The van der Waals surface area contributed by atoms with Crippen LogP contribution in [0, 0.1) is 0 Å². The van der Waals surface area contributed by atoms with Crippen LogP contribution in [0.3, 0.4) is 0 Å². The van der Waals surface area contributed by atoms with E-state index in [0.717, 1.165) is 0 Å². The predicted octanol–water partition coefficient (Wildman–Crippen LogP) is 1.91. The molecule has 0 amide bonds. The number of hydrogen-bond acceptors (Lipinski definition) is 0. The second kappa shape index (κ2) is 7.04. The van der Waals surface area contributed by atoms with Crippen molar-refractivity contribution >= 4 is 44.0 Å². The summed E-state index contributed by atoms with van der Waals surface area (Å²) in [5.74, 6) is 0. The van der Waals surface area contributed by atoms with Gasteiger partial charge in [-0.3, -0.25) is 0 Å². The van der Waals surface area contributed by atoms with Gasteiger partial charge in [-0.05, 0) is 0 Å². The molecule has 0 bridgehead atoms. The molecule has 2 aromatic rings. The SMILES string of the molecule is C/C(=C/[Se]c1ccccc1)[Te]c1ccccc1. The number of allylic oxidation sites excluding steroid dienone is 1. The van der Waals surface area contributed by atoms with Crippen molar-refractivity contribution in [1.82, 2.24) is 0 Å². The summed E-state index contributed by atoms with van der Waals surface area (Å²) < 4.78 is 4.57. The van der Waals surface area contributed by atoms with E-state index >= 15 is 0 Å². The first kappa shape index (κ1) is 12.9. The third-order valence-electron chi connectivity index (χ3n) is 2.13. The average molecular weight is 401 g/mol. The molecule has 0 unspecified atom stereocenters. The van der Waals surface area contributed by atoms with E-state index in [1.54, 1.807) is 3.62 Å². The number of hydrogen-bond donors (Lipinski definition) is 0. The van der Waals surface area contributed by atoms with Gasteiger partial charge in [-0.25, -0.2) is 0 Å². The van der Waals surface area contributed by atoms with Crippen LogP contribution in [0.15, 0.2) is 69.3 Å². The second-order valence-electron chi connectivity index (χ2n) is 3.57. The van der Waals surface area contributed by atoms with Gasteiger partial charge in [0.05, 0.1) is 0 Å². The zero-order chi connectivity index (χ0) is 11.9. The molecule has 0 heterocycles. The van der Waals surface area contributed by atoms with E-state index in [4.69, 9.17) is 0 Å². The summed E-state index contributed by atoms with van der Waals surface area (Å²) in [6.07, 6.45) is 0. The van der Waals surface area contributed by atoms with E-state index in [9.17, 15) is 0 Å². The van der Waals surface area contributed by atoms with E-state index < -0.39 is 0 Å². The Morgan fingerprint density at radius 3 is 2.18 bits per heavy atom. The molecular weight excluding hydrogens is 387 g/mol. The van der Waals surface area contributed by atoms with Crippen molar-refractivity contribution < 1.29 is 0 Å². The second-order valence-corrected chi connectivity index (χ2v) is 9.32. The van der Waals surface area contributed by atoms with Crippen LogP contribution in [0.2, 0.25) is 0 Å². The van der Waals surface area contributed by atoms with Crippen molar-refractivity contribution in [2.45, 2.75) is 6.92 Å². The third kappa shape index (κ3) is 4.70. The van der Waals surface area contributed by atoms with E-state index in [1.165, 1.54) is 8.07 Å². The normalized spacial score (nSPS) is 11.5. The Morgan fingerprint density at radius 2 is 1.53 bits per heavy atom. The molecule has 2 heteroatoms. The van der Waals surface area contributed by atoms with Crippen LogP contribution in [0.1, 0.15) is 6.92 Å². The Kier molecular flexibility index (Phi) is 5.36. The zero-order valence-corrected chi connectivity index (χ0v) is 13.7. The van der Waals surface area contributed by atoms with Crippen molar-refractivity contribution in [3.05, 3.63) is 69.3 Å². The minimum absolute atomic E-state index is 0.144. The van der Waals surface area contributed by atoms with Crippen LogP contribution in [-0.2, 0) is 0 Å². The molecule has 86 valence electrons. The molecule has 0 radical (unpaired) electrons. The van der Waals surface area contributed by atoms with Gasteiger partial charge in [0, 0.05) is 0 Å². The van der Waals surface area contributed by atoms with Crippen LogP contribution in [-0.4, -0.2) is 35.9 Å². The number of benzene rings is 2. The van der Waals surface area contributed by atoms with Crippen LogP contribution < -0.4 is 8.07 Å². The summed E-state index contributed by atoms with van der Waals surface area (Å²) in [6.45, 7) is 2.28. The predicted molar refractivity (Wildman–Crippen MR) is 77.4 cm³/mol. The van der Waals surface area contributed by atoms with Gasteiger partial charge in [0.15, 0.2) is 0 Å². The monoisotopic (exact) mass is 404 g/mol. The van der Waals surface area contributed by atoms with Gasteiger partial charge >= 0.3 is 120 Å². The quantitative estimate of drug-likeness (QED) is 0.688. The first-order chi connectivity index (χ1) is 8.34. The third-order valence-corrected chi connectivity index (χ3v) is 8.01. The molecule has 0 N–H and O–H groups in total. The van der Waals surface area contributed by atoms with Crippen LogP contribution >= 0.6 is 0 Å². The van der Waals surface area contributed by atoms with Crippen LogP contribution in [0.5, 0.6) is 0 Å². The molecule has 2 aromatic carbocycles. The molecule has 0 atom stereocenters. The van der Waals surface area contributed by atoms with Gasteiger partial charge in [-0.15, -0.1) is 0 Å². The van der Waals surface area contributed by atoms with Crippen molar-refractivity contribution in [3.8, 4) is 0 Å². The van der Waals surface area contributed by atoms with Gasteiger partial charge in [-0.2, -0.15) is 0 Å². The molecule has 0 aliphatic heterocycles. The summed E-state index contributed by atoms with van der Waals surface area (Å²) in [7, 11) is 0. The van der Waals surface area contributed by atoms with Gasteiger partial charge < -0.3 is 0 Å². The zero-order valence-electron chi connectivity index (χ0n) is 9.67. The molecule has 0 fully saturated rings. The summed E-state index contributed by atoms with van der Waals surface area (Å²) in [6, 6.07) is 21.6.